The van der Waals surface area contributed by atoms with Crippen molar-refractivity contribution in [2.45, 2.75) is 6.54 Å². The second-order valence-electron chi connectivity index (χ2n) is 4.69. The highest BCUT2D eigenvalue weighted by atomic mass is 79.9. The summed E-state index contributed by atoms with van der Waals surface area (Å²) in [6.45, 7) is 0.755. The highest BCUT2D eigenvalue weighted by Crippen LogP contribution is 2.32. The van der Waals surface area contributed by atoms with Gasteiger partial charge in [-0.05, 0) is 31.3 Å². The summed E-state index contributed by atoms with van der Waals surface area (Å²) in [5.41, 5.74) is 1.11. The summed E-state index contributed by atoms with van der Waals surface area (Å²) in [7, 11) is 1.92. The van der Waals surface area contributed by atoms with Crippen LogP contribution >= 0.6 is 15.9 Å². The summed E-state index contributed by atoms with van der Waals surface area (Å²) in [6.07, 6.45) is 1.77. The van der Waals surface area contributed by atoms with Crippen LogP contribution < -0.4 is 10.1 Å². The van der Waals surface area contributed by atoms with Crippen molar-refractivity contribution in [2.24, 2.45) is 0 Å². The van der Waals surface area contributed by atoms with Crippen LogP contribution in [-0.4, -0.2) is 12.0 Å². The normalized spacial score (nSPS) is 10.8. The fourth-order valence-corrected chi connectivity index (χ4v) is 2.77. The number of benzene rings is 2. The second kappa shape index (κ2) is 6.24. The van der Waals surface area contributed by atoms with Crippen molar-refractivity contribution >= 4 is 26.7 Å². The predicted molar refractivity (Wildman–Crippen MR) is 88.7 cm³/mol. The topological polar surface area (TPSA) is 34.1 Å². The number of hydrogen-bond acceptors (Lipinski definition) is 3. The number of nitrogens with zero attached hydrogens (tertiary/aromatic N) is 1. The Morgan fingerprint density at radius 1 is 1.05 bits per heavy atom. The Balaban J connectivity index is 2.05. The molecule has 0 radical (unpaired) electrons. The Labute approximate surface area is 132 Å². The van der Waals surface area contributed by atoms with Crippen molar-refractivity contribution in [3.8, 4) is 11.6 Å². The van der Waals surface area contributed by atoms with E-state index in [0.29, 0.717) is 5.88 Å². The molecule has 0 unspecified atom stereocenters. The molecule has 3 rings (SSSR count). The van der Waals surface area contributed by atoms with E-state index in [4.69, 9.17) is 4.74 Å². The van der Waals surface area contributed by atoms with E-state index in [-0.39, 0.29) is 0 Å². The smallest absolute Gasteiger partial charge is 0.227 e. The molecule has 3 aromatic rings. The maximum absolute atomic E-state index is 6.06. The predicted octanol–water partition coefficient (Wildman–Crippen LogP) is 4.51. The summed E-state index contributed by atoms with van der Waals surface area (Å²) >= 11 is 3.56. The second-order valence-corrected chi connectivity index (χ2v) is 5.55. The highest BCUT2D eigenvalue weighted by molar-refractivity contribution is 9.10. The molecule has 3 nitrogen and oxygen atoms in total. The zero-order chi connectivity index (χ0) is 14.7. The number of pyridine rings is 1. The largest absolute Gasteiger partial charge is 0.438 e. The average molecular weight is 343 g/mol. The van der Waals surface area contributed by atoms with Gasteiger partial charge < -0.3 is 10.1 Å². The molecule has 0 atom stereocenters. The maximum atomic E-state index is 6.06. The molecule has 0 aliphatic heterocycles. The van der Waals surface area contributed by atoms with Crippen LogP contribution in [0.1, 0.15) is 5.56 Å². The fourth-order valence-electron chi connectivity index (χ4n) is 2.27. The van der Waals surface area contributed by atoms with E-state index in [1.54, 1.807) is 6.20 Å². The lowest BCUT2D eigenvalue weighted by Crippen LogP contribution is -2.06. The lowest BCUT2D eigenvalue weighted by molar-refractivity contribution is 0.461. The first-order chi connectivity index (χ1) is 10.3. The average Bonchev–Trinajstić information content (AvgIpc) is 2.51. The molecule has 21 heavy (non-hydrogen) atoms. The summed E-state index contributed by atoms with van der Waals surface area (Å²) in [4.78, 5) is 4.38. The summed E-state index contributed by atoms with van der Waals surface area (Å²) < 4.78 is 7.10. The van der Waals surface area contributed by atoms with Crippen molar-refractivity contribution in [3.63, 3.8) is 0 Å². The lowest BCUT2D eigenvalue weighted by Gasteiger charge is -2.12. The first kappa shape index (κ1) is 14.0. The molecular formula is C17H15BrN2O. The molecule has 0 amide bonds. The van der Waals surface area contributed by atoms with Gasteiger partial charge >= 0.3 is 0 Å². The zero-order valence-electron chi connectivity index (χ0n) is 11.6. The molecule has 0 aliphatic rings. The van der Waals surface area contributed by atoms with Gasteiger partial charge in [0.15, 0.2) is 0 Å². The van der Waals surface area contributed by atoms with E-state index >= 15 is 0 Å². The lowest BCUT2D eigenvalue weighted by atomic mass is 10.1. The summed E-state index contributed by atoms with van der Waals surface area (Å²) in [5, 5.41) is 5.23. The van der Waals surface area contributed by atoms with Gasteiger partial charge in [-0.2, -0.15) is 0 Å². The van der Waals surface area contributed by atoms with Crippen molar-refractivity contribution in [3.05, 3.63) is 64.8 Å². The minimum Gasteiger partial charge on any atom is -0.438 e. The third kappa shape index (κ3) is 2.91. The SMILES string of the molecule is CNCc1ccccc1Oc1nccc2c(Br)cccc12. The van der Waals surface area contributed by atoms with Gasteiger partial charge in [0, 0.05) is 33.6 Å². The third-order valence-corrected chi connectivity index (χ3v) is 3.95. The fraction of sp³-hybridized carbons (Fsp3) is 0.118. The minimum absolute atomic E-state index is 0.623. The van der Waals surface area contributed by atoms with Crippen LogP contribution in [0.4, 0.5) is 0 Å². The summed E-state index contributed by atoms with van der Waals surface area (Å²) in [5.74, 6) is 1.45. The number of fused-ring (bicyclic) bond motifs is 1. The molecule has 1 aromatic heterocycles. The first-order valence-corrected chi connectivity index (χ1v) is 7.52. The molecule has 0 saturated heterocycles. The van der Waals surface area contributed by atoms with E-state index in [1.165, 1.54) is 0 Å². The van der Waals surface area contributed by atoms with Crippen LogP contribution in [0.2, 0.25) is 0 Å². The molecule has 106 valence electrons. The van der Waals surface area contributed by atoms with Crippen molar-refractivity contribution in [1.29, 1.82) is 0 Å². The Kier molecular flexibility index (Phi) is 4.18. The monoisotopic (exact) mass is 342 g/mol. The van der Waals surface area contributed by atoms with Gasteiger partial charge in [-0.25, -0.2) is 4.98 Å². The van der Waals surface area contributed by atoms with Gasteiger partial charge in [-0.3, -0.25) is 0 Å². The van der Waals surface area contributed by atoms with Crippen LogP contribution in [0.25, 0.3) is 10.8 Å². The Morgan fingerprint density at radius 3 is 2.76 bits per heavy atom. The highest BCUT2D eigenvalue weighted by Gasteiger charge is 2.09. The number of hydrogen-bond donors (Lipinski definition) is 1. The van der Waals surface area contributed by atoms with Crippen molar-refractivity contribution in [2.75, 3.05) is 7.05 Å². The Bertz CT molecular complexity index is 774. The van der Waals surface area contributed by atoms with Crippen LogP contribution in [-0.2, 0) is 6.54 Å². The standard InChI is InChI=1S/C17H15BrN2O/c1-19-11-12-5-2-3-8-16(12)21-17-14-6-4-7-15(18)13(14)9-10-20-17/h2-10,19H,11H2,1H3. The molecule has 0 aliphatic carbocycles. The minimum atomic E-state index is 0.623. The maximum Gasteiger partial charge on any atom is 0.227 e. The van der Waals surface area contributed by atoms with Gasteiger partial charge in [-0.1, -0.05) is 40.2 Å². The van der Waals surface area contributed by atoms with Gasteiger partial charge in [0.1, 0.15) is 5.75 Å². The Hall–Kier alpha value is -1.91. The number of nitrogens with one attached hydrogen (secondary N) is 1. The van der Waals surface area contributed by atoms with E-state index in [0.717, 1.165) is 33.1 Å². The van der Waals surface area contributed by atoms with Crippen molar-refractivity contribution in [1.82, 2.24) is 10.3 Å². The van der Waals surface area contributed by atoms with Crippen LogP contribution in [0, 0.1) is 0 Å². The van der Waals surface area contributed by atoms with E-state index in [9.17, 15) is 0 Å². The molecular weight excluding hydrogens is 328 g/mol. The zero-order valence-corrected chi connectivity index (χ0v) is 13.2. The number of para-hydroxylation sites is 1. The van der Waals surface area contributed by atoms with Gasteiger partial charge in [0.2, 0.25) is 5.88 Å². The third-order valence-electron chi connectivity index (χ3n) is 3.26. The molecule has 1 N–H and O–H groups in total. The van der Waals surface area contributed by atoms with E-state index in [2.05, 4.69) is 26.2 Å². The number of rotatable bonds is 4. The quantitative estimate of drug-likeness (QED) is 0.757. The van der Waals surface area contributed by atoms with Gasteiger partial charge in [-0.15, -0.1) is 0 Å². The van der Waals surface area contributed by atoms with Gasteiger partial charge in [0.25, 0.3) is 0 Å². The van der Waals surface area contributed by atoms with Crippen LogP contribution in [0.5, 0.6) is 11.6 Å². The molecule has 0 fully saturated rings. The van der Waals surface area contributed by atoms with Crippen molar-refractivity contribution < 1.29 is 4.74 Å². The molecule has 0 bridgehead atoms. The molecule has 2 aromatic carbocycles. The summed E-state index contributed by atoms with van der Waals surface area (Å²) in [6, 6.07) is 16.0. The number of ether oxygens (including phenoxy) is 1. The van der Waals surface area contributed by atoms with Gasteiger partial charge in [0.05, 0.1) is 0 Å². The van der Waals surface area contributed by atoms with E-state index in [1.807, 2.05) is 55.6 Å². The number of halogens is 1. The molecule has 0 saturated carbocycles. The molecule has 0 spiro atoms. The van der Waals surface area contributed by atoms with Crippen LogP contribution in [0.3, 0.4) is 0 Å². The molecule has 4 heteroatoms. The van der Waals surface area contributed by atoms with E-state index < -0.39 is 0 Å². The van der Waals surface area contributed by atoms with Crippen LogP contribution in [0.15, 0.2) is 59.2 Å². The first-order valence-electron chi connectivity index (χ1n) is 6.73. The Morgan fingerprint density at radius 2 is 1.90 bits per heavy atom. The number of aromatic nitrogens is 1. The molecule has 1 heterocycles.